The van der Waals surface area contributed by atoms with Gasteiger partial charge in [0.25, 0.3) is 5.91 Å². The Morgan fingerprint density at radius 1 is 1.48 bits per heavy atom. The lowest BCUT2D eigenvalue weighted by Crippen LogP contribution is -2.38. The molecule has 1 heterocycles. The van der Waals surface area contributed by atoms with Crippen molar-refractivity contribution in [3.05, 3.63) is 18.0 Å². The van der Waals surface area contributed by atoms with E-state index in [0.717, 1.165) is 0 Å². The van der Waals surface area contributed by atoms with Gasteiger partial charge in [0, 0.05) is 19.3 Å². The summed E-state index contributed by atoms with van der Waals surface area (Å²) in [6, 6.07) is 1.10. The summed E-state index contributed by atoms with van der Waals surface area (Å²) in [6.07, 6.45) is 2.09. The molecule has 1 amide bonds. The van der Waals surface area contributed by atoms with Gasteiger partial charge in [0.1, 0.15) is 10.6 Å². The number of sulfonamides is 1. The van der Waals surface area contributed by atoms with E-state index in [1.54, 1.807) is 11.7 Å². The predicted molar refractivity (Wildman–Crippen MR) is 79.6 cm³/mol. The third-order valence-corrected chi connectivity index (χ3v) is 4.02. The van der Waals surface area contributed by atoms with Gasteiger partial charge in [-0.3, -0.25) is 4.79 Å². The van der Waals surface area contributed by atoms with Crippen molar-refractivity contribution in [2.45, 2.75) is 44.2 Å². The highest BCUT2D eigenvalue weighted by Crippen LogP contribution is 2.18. The lowest BCUT2D eigenvalue weighted by Gasteiger charge is -2.18. The number of carbonyl (C=O) groups excluding carboxylic acids is 1. The molecule has 7 nitrogen and oxygen atoms in total. The van der Waals surface area contributed by atoms with Crippen LogP contribution in [0.3, 0.4) is 0 Å². The number of hydrogen-bond donors (Lipinski definition) is 2. The normalized spacial score (nSPS) is 13.4. The highest BCUT2D eigenvalue weighted by molar-refractivity contribution is 7.89. The third-order valence-electron chi connectivity index (χ3n) is 3.14. The third kappa shape index (κ3) is 4.55. The van der Waals surface area contributed by atoms with Crippen LogP contribution in [0.5, 0.6) is 0 Å². The van der Waals surface area contributed by atoms with Gasteiger partial charge in [0.15, 0.2) is 0 Å². The Morgan fingerprint density at radius 2 is 2.10 bits per heavy atom. The van der Waals surface area contributed by atoms with E-state index in [9.17, 15) is 13.2 Å². The topological polar surface area (TPSA) is 103 Å². The number of aromatic nitrogens is 1. The van der Waals surface area contributed by atoms with Crippen LogP contribution >= 0.6 is 0 Å². The molecule has 1 unspecified atom stereocenters. The number of amides is 1. The SMILES string of the molecule is CCC(COC)NC(=O)c1cc(S(N)(=O)=O)cn1C(C)C. The van der Waals surface area contributed by atoms with Gasteiger partial charge in [-0.05, 0) is 26.3 Å². The van der Waals surface area contributed by atoms with Gasteiger partial charge in [0.2, 0.25) is 10.0 Å². The number of rotatable bonds is 7. The Kier molecular flexibility index (Phi) is 5.94. The number of primary sulfonamides is 1. The second-order valence-electron chi connectivity index (χ2n) is 5.14. The van der Waals surface area contributed by atoms with Crippen LogP contribution in [0.4, 0.5) is 0 Å². The molecule has 120 valence electrons. The summed E-state index contributed by atoms with van der Waals surface area (Å²) in [5.74, 6) is -0.345. The van der Waals surface area contributed by atoms with Gasteiger partial charge in [-0.2, -0.15) is 0 Å². The van der Waals surface area contributed by atoms with Crippen LogP contribution in [0.2, 0.25) is 0 Å². The van der Waals surface area contributed by atoms with Crippen molar-refractivity contribution in [3.63, 3.8) is 0 Å². The summed E-state index contributed by atoms with van der Waals surface area (Å²) < 4.78 is 29.5. The monoisotopic (exact) mass is 317 g/mol. The van der Waals surface area contributed by atoms with Gasteiger partial charge in [-0.25, -0.2) is 13.6 Å². The van der Waals surface area contributed by atoms with E-state index in [-0.39, 0.29) is 28.6 Å². The fourth-order valence-corrected chi connectivity index (χ4v) is 2.48. The summed E-state index contributed by atoms with van der Waals surface area (Å²) in [5.41, 5.74) is 0.267. The number of nitrogens with two attached hydrogens (primary N) is 1. The first-order valence-electron chi connectivity index (χ1n) is 6.75. The average Bonchev–Trinajstić information content (AvgIpc) is 2.83. The molecule has 1 aromatic heterocycles. The van der Waals surface area contributed by atoms with Crippen molar-refractivity contribution < 1.29 is 17.9 Å². The molecule has 1 rings (SSSR count). The van der Waals surface area contributed by atoms with Crippen molar-refractivity contribution in [1.29, 1.82) is 0 Å². The summed E-state index contributed by atoms with van der Waals surface area (Å²) in [5, 5.41) is 7.95. The summed E-state index contributed by atoms with van der Waals surface area (Å²) in [6.45, 7) is 6.04. The molecule has 0 aromatic carbocycles. The maximum absolute atomic E-state index is 12.3. The highest BCUT2D eigenvalue weighted by Gasteiger charge is 2.21. The van der Waals surface area contributed by atoms with Crippen LogP contribution in [-0.4, -0.2) is 38.7 Å². The van der Waals surface area contributed by atoms with Crippen LogP contribution in [0.15, 0.2) is 17.2 Å². The van der Waals surface area contributed by atoms with Crippen molar-refractivity contribution in [3.8, 4) is 0 Å². The Bertz CT molecular complexity index is 593. The molecule has 0 aliphatic heterocycles. The summed E-state index contributed by atoms with van der Waals surface area (Å²) >= 11 is 0. The maximum atomic E-state index is 12.3. The first kappa shape index (κ1) is 17.7. The molecule has 8 heteroatoms. The van der Waals surface area contributed by atoms with Gasteiger partial charge < -0.3 is 14.6 Å². The van der Waals surface area contributed by atoms with E-state index in [1.807, 2.05) is 20.8 Å². The number of nitrogens with zero attached hydrogens (tertiary/aromatic N) is 1. The number of ether oxygens (including phenoxy) is 1. The van der Waals surface area contributed by atoms with Crippen molar-refractivity contribution in [2.75, 3.05) is 13.7 Å². The molecule has 0 saturated carbocycles. The van der Waals surface area contributed by atoms with Gasteiger partial charge in [0.05, 0.1) is 12.6 Å². The standard InChI is InChI=1S/C13H23N3O4S/c1-5-10(8-20-4)15-13(17)12-6-11(21(14,18)19)7-16(12)9(2)3/h6-7,9-10H,5,8H2,1-4H3,(H,15,17)(H2,14,18,19). The molecule has 0 fully saturated rings. The molecule has 1 aromatic rings. The zero-order valence-corrected chi connectivity index (χ0v) is 13.6. The predicted octanol–water partition coefficient (Wildman–Crippen LogP) is 0.871. The molecule has 0 aliphatic rings. The Balaban J connectivity index is 3.10. The van der Waals surface area contributed by atoms with Crippen LogP contribution in [0.1, 0.15) is 43.7 Å². The number of hydrogen-bond acceptors (Lipinski definition) is 4. The van der Waals surface area contributed by atoms with E-state index in [0.29, 0.717) is 13.0 Å². The smallest absolute Gasteiger partial charge is 0.268 e. The summed E-state index contributed by atoms with van der Waals surface area (Å²) in [4.78, 5) is 12.3. The summed E-state index contributed by atoms with van der Waals surface area (Å²) in [7, 11) is -2.28. The highest BCUT2D eigenvalue weighted by atomic mass is 32.2. The maximum Gasteiger partial charge on any atom is 0.268 e. The second-order valence-corrected chi connectivity index (χ2v) is 6.70. The minimum Gasteiger partial charge on any atom is -0.383 e. The van der Waals surface area contributed by atoms with Gasteiger partial charge >= 0.3 is 0 Å². The molecule has 0 bridgehead atoms. The number of methoxy groups -OCH3 is 1. The zero-order chi connectivity index (χ0) is 16.2. The minimum absolute atomic E-state index is 0.0660. The second kappa shape index (κ2) is 7.06. The number of nitrogens with one attached hydrogen (secondary N) is 1. The molecule has 0 spiro atoms. The molecule has 0 saturated heterocycles. The Labute approximate surface area is 125 Å². The van der Waals surface area contributed by atoms with E-state index in [1.165, 1.54) is 12.3 Å². The average molecular weight is 317 g/mol. The van der Waals surface area contributed by atoms with Gasteiger partial charge in [-0.1, -0.05) is 6.92 Å². The van der Waals surface area contributed by atoms with E-state index in [2.05, 4.69) is 5.32 Å². The molecule has 21 heavy (non-hydrogen) atoms. The number of carbonyl (C=O) groups is 1. The first-order valence-corrected chi connectivity index (χ1v) is 8.29. The fraction of sp³-hybridized carbons (Fsp3) is 0.615. The van der Waals surface area contributed by atoms with E-state index >= 15 is 0 Å². The van der Waals surface area contributed by atoms with Crippen molar-refractivity contribution >= 4 is 15.9 Å². The van der Waals surface area contributed by atoms with E-state index < -0.39 is 10.0 Å². The lowest BCUT2D eigenvalue weighted by molar-refractivity contribution is 0.0884. The van der Waals surface area contributed by atoms with Crippen LogP contribution < -0.4 is 10.5 Å². The molecule has 0 radical (unpaired) electrons. The first-order chi connectivity index (χ1) is 9.70. The van der Waals surface area contributed by atoms with E-state index in [4.69, 9.17) is 9.88 Å². The minimum atomic E-state index is -3.84. The van der Waals surface area contributed by atoms with Crippen molar-refractivity contribution in [2.24, 2.45) is 5.14 Å². The van der Waals surface area contributed by atoms with Crippen LogP contribution in [-0.2, 0) is 14.8 Å². The quantitative estimate of drug-likeness (QED) is 0.778. The fourth-order valence-electron chi connectivity index (χ4n) is 1.94. The van der Waals surface area contributed by atoms with Crippen molar-refractivity contribution in [1.82, 2.24) is 9.88 Å². The molecule has 3 N–H and O–H groups in total. The molecular formula is C13H23N3O4S. The van der Waals surface area contributed by atoms with Crippen LogP contribution in [0.25, 0.3) is 0 Å². The molecular weight excluding hydrogens is 294 g/mol. The Hall–Kier alpha value is -1.38. The van der Waals surface area contributed by atoms with Crippen LogP contribution in [0, 0.1) is 0 Å². The molecule has 0 aliphatic carbocycles. The lowest BCUT2D eigenvalue weighted by atomic mass is 10.2. The largest absolute Gasteiger partial charge is 0.383 e. The molecule has 1 atom stereocenters. The Morgan fingerprint density at radius 3 is 2.52 bits per heavy atom. The van der Waals surface area contributed by atoms with Gasteiger partial charge in [-0.15, -0.1) is 0 Å². The zero-order valence-electron chi connectivity index (χ0n) is 12.8.